The Bertz CT molecular complexity index is 300. The SMILES string of the molecule is C=C/C=C(SCC)/C(C=C)=C/C=C(C)C.CC.CC. The lowest BCUT2D eigenvalue weighted by atomic mass is 10.2. The van der Waals surface area contributed by atoms with Gasteiger partial charge in [-0.25, -0.2) is 0 Å². The molecule has 0 bridgehead atoms. The van der Waals surface area contributed by atoms with Gasteiger partial charge in [-0.2, -0.15) is 0 Å². The molecule has 0 aliphatic rings. The van der Waals surface area contributed by atoms with E-state index in [-0.39, 0.29) is 0 Å². The summed E-state index contributed by atoms with van der Waals surface area (Å²) in [5.74, 6) is 1.06. The maximum absolute atomic E-state index is 3.84. The molecule has 0 saturated heterocycles. The topological polar surface area (TPSA) is 0 Å². The lowest BCUT2D eigenvalue weighted by molar-refractivity contribution is 1.39. The molecule has 0 aliphatic carbocycles. The van der Waals surface area contributed by atoms with E-state index in [1.165, 1.54) is 10.5 Å². The number of hydrogen-bond acceptors (Lipinski definition) is 1. The van der Waals surface area contributed by atoms with Crippen LogP contribution in [0, 0.1) is 0 Å². The zero-order valence-corrected chi connectivity index (χ0v) is 14.7. The van der Waals surface area contributed by atoms with Crippen molar-refractivity contribution in [3.05, 3.63) is 59.6 Å². The molecule has 0 spiro atoms. The first-order valence-corrected chi connectivity index (χ1v) is 8.07. The summed E-state index contributed by atoms with van der Waals surface area (Å²) in [5, 5.41) is 0. The van der Waals surface area contributed by atoms with Crippen LogP contribution in [0.5, 0.6) is 0 Å². The van der Waals surface area contributed by atoms with Gasteiger partial charge in [-0.05, 0) is 31.2 Å². The summed E-state index contributed by atoms with van der Waals surface area (Å²) in [6.07, 6.45) is 9.93. The Labute approximate surface area is 126 Å². The van der Waals surface area contributed by atoms with Crippen molar-refractivity contribution >= 4 is 11.8 Å². The number of rotatable bonds is 6. The Morgan fingerprint density at radius 3 is 1.79 bits per heavy atom. The van der Waals surface area contributed by atoms with Crippen LogP contribution >= 0.6 is 11.8 Å². The summed E-state index contributed by atoms with van der Waals surface area (Å²) in [6.45, 7) is 21.9. The summed E-state index contributed by atoms with van der Waals surface area (Å²) in [4.78, 5) is 1.22. The van der Waals surface area contributed by atoms with Crippen molar-refractivity contribution in [1.82, 2.24) is 0 Å². The van der Waals surface area contributed by atoms with Crippen molar-refractivity contribution in [2.24, 2.45) is 0 Å². The molecule has 1 heteroatoms. The Balaban J connectivity index is -0.000000579. The van der Waals surface area contributed by atoms with Gasteiger partial charge in [0.15, 0.2) is 0 Å². The molecule has 0 radical (unpaired) electrons. The molecule has 0 heterocycles. The molecule has 0 fully saturated rings. The third kappa shape index (κ3) is 15.0. The van der Waals surface area contributed by atoms with Crippen molar-refractivity contribution in [2.75, 3.05) is 5.75 Å². The van der Waals surface area contributed by atoms with E-state index in [0.717, 1.165) is 11.3 Å². The molecule has 0 saturated carbocycles. The van der Waals surface area contributed by atoms with Crippen LogP contribution in [0.4, 0.5) is 0 Å². The third-order valence-electron chi connectivity index (χ3n) is 1.67. The first kappa shape index (κ1) is 23.2. The van der Waals surface area contributed by atoms with E-state index in [2.05, 4.69) is 46.1 Å². The second-order valence-electron chi connectivity index (χ2n) is 3.27. The van der Waals surface area contributed by atoms with E-state index < -0.39 is 0 Å². The van der Waals surface area contributed by atoms with E-state index in [4.69, 9.17) is 0 Å². The molecule has 19 heavy (non-hydrogen) atoms. The van der Waals surface area contributed by atoms with Crippen LogP contribution in [0.25, 0.3) is 0 Å². The summed E-state index contributed by atoms with van der Waals surface area (Å²) in [6, 6.07) is 0. The monoisotopic (exact) mass is 280 g/mol. The highest BCUT2D eigenvalue weighted by Gasteiger charge is 1.99. The van der Waals surface area contributed by atoms with Crippen LogP contribution in [-0.2, 0) is 0 Å². The zero-order valence-electron chi connectivity index (χ0n) is 13.9. The van der Waals surface area contributed by atoms with Crippen molar-refractivity contribution in [3.8, 4) is 0 Å². The zero-order chi connectivity index (χ0) is 15.7. The molecule has 0 rings (SSSR count). The average molecular weight is 281 g/mol. The molecule has 0 aromatic rings. The fourth-order valence-corrected chi connectivity index (χ4v) is 1.82. The molecule has 0 atom stereocenters. The van der Waals surface area contributed by atoms with Crippen molar-refractivity contribution in [1.29, 1.82) is 0 Å². The summed E-state index contributed by atoms with van der Waals surface area (Å²) >= 11 is 1.81. The maximum atomic E-state index is 3.84. The van der Waals surface area contributed by atoms with Crippen LogP contribution < -0.4 is 0 Å². The third-order valence-corrected chi connectivity index (χ3v) is 2.64. The van der Waals surface area contributed by atoms with Gasteiger partial charge in [0.25, 0.3) is 0 Å². The van der Waals surface area contributed by atoms with Gasteiger partial charge in [0.05, 0.1) is 0 Å². The molecular formula is C18H32S. The number of hydrogen-bond donors (Lipinski definition) is 0. The second-order valence-corrected chi connectivity index (χ2v) is 4.58. The van der Waals surface area contributed by atoms with Gasteiger partial charge >= 0.3 is 0 Å². The summed E-state index contributed by atoms with van der Waals surface area (Å²) in [7, 11) is 0. The van der Waals surface area contributed by atoms with Crippen LogP contribution in [0.1, 0.15) is 48.5 Å². The predicted octanol–water partition coefficient (Wildman–Crippen LogP) is 6.94. The Morgan fingerprint density at radius 2 is 1.47 bits per heavy atom. The quantitative estimate of drug-likeness (QED) is 0.475. The highest BCUT2D eigenvalue weighted by Crippen LogP contribution is 2.24. The van der Waals surface area contributed by atoms with E-state index in [9.17, 15) is 0 Å². The second kappa shape index (κ2) is 19.4. The van der Waals surface area contributed by atoms with E-state index in [0.29, 0.717) is 0 Å². The van der Waals surface area contributed by atoms with Gasteiger partial charge in [-0.3, -0.25) is 0 Å². The normalized spacial score (nSPS) is 10.3. The van der Waals surface area contributed by atoms with Crippen molar-refractivity contribution < 1.29 is 0 Å². The molecule has 0 nitrogen and oxygen atoms in total. The van der Waals surface area contributed by atoms with Gasteiger partial charge in [0, 0.05) is 4.91 Å². The molecule has 110 valence electrons. The van der Waals surface area contributed by atoms with E-state index >= 15 is 0 Å². The fraction of sp³-hybridized carbons (Fsp3) is 0.444. The molecule has 0 aromatic heterocycles. The highest BCUT2D eigenvalue weighted by atomic mass is 32.2. The van der Waals surface area contributed by atoms with Crippen LogP contribution in [0.3, 0.4) is 0 Å². The van der Waals surface area contributed by atoms with E-state index in [1.807, 2.05) is 45.9 Å². The Hall–Kier alpha value is -0.950. The number of thioether (sulfide) groups is 1. The molecular weight excluding hydrogens is 248 g/mol. The van der Waals surface area contributed by atoms with Crippen LogP contribution in [0.15, 0.2) is 59.6 Å². The molecule has 0 aliphatic heterocycles. The van der Waals surface area contributed by atoms with Gasteiger partial charge in [-0.15, -0.1) is 11.8 Å². The largest absolute Gasteiger partial charge is 0.126 e. The maximum Gasteiger partial charge on any atom is 0.0144 e. The lowest BCUT2D eigenvalue weighted by Crippen LogP contribution is -1.82. The molecule has 0 unspecified atom stereocenters. The van der Waals surface area contributed by atoms with Crippen LogP contribution in [-0.4, -0.2) is 5.75 Å². The minimum Gasteiger partial charge on any atom is -0.126 e. The lowest BCUT2D eigenvalue weighted by Gasteiger charge is -2.05. The smallest absolute Gasteiger partial charge is 0.0144 e. The Morgan fingerprint density at radius 1 is 0.947 bits per heavy atom. The minimum absolute atomic E-state index is 1.06. The van der Waals surface area contributed by atoms with Gasteiger partial charge in [0.1, 0.15) is 0 Å². The van der Waals surface area contributed by atoms with E-state index in [1.54, 1.807) is 11.8 Å². The van der Waals surface area contributed by atoms with Gasteiger partial charge < -0.3 is 0 Å². The Kier molecular flexibility index (Phi) is 23.6. The molecule has 0 aromatic carbocycles. The minimum atomic E-state index is 1.06. The predicted molar refractivity (Wildman–Crippen MR) is 96.8 cm³/mol. The van der Waals surface area contributed by atoms with Crippen LogP contribution in [0.2, 0.25) is 0 Å². The summed E-state index contributed by atoms with van der Waals surface area (Å²) < 4.78 is 0. The standard InChI is InChI=1S/C14H20S.2C2H6/c1-6-9-14(15-8-3)13(7-2)11-10-12(4)5;2*1-2/h6-7,9-11H,1-2,8H2,3-5H3;2*1-2H3/b13-11+,14-9-;;. The molecule has 0 amide bonds. The van der Waals surface area contributed by atoms with Gasteiger partial charge in [-0.1, -0.05) is 77.7 Å². The number of allylic oxidation sites excluding steroid dienone is 7. The summed E-state index contributed by atoms with van der Waals surface area (Å²) in [5.41, 5.74) is 2.44. The highest BCUT2D eigenvalue weighted by molar-refractivity contribution is 8.03. The average Bonchev–Trinajstić information content (AvgIpc) is 2.44. The van der Waals surface area contributed by atoms with Crippen molar-refractivity contribution in [2.45, 2.75) is 48.5 Å². The first-order valence-electron chi connectivity index (χ1n) is 7.09. The van der Waals surface area contributed by atoms with Crippen molar-refractivity contribution in [3.63, 3.8) is 0 Å². The van der Waals surface area contributed by atoms with Gasteiger partial charge in [0.2, 0.25) is 0 Å². The molecule has 0 N–H and O–H groups in total. The first-order chi connectivity index (χ1) is 9.15. The fourth-order valence-electron chi connectivity index (χ4n) is 0.997.